The van der Waals surface area contributed by atoms with E-state index in [4.69, 9.17) is 4.74 Å². The highest BCUT2D eigenvalue weighted by Crippen LogP contribution is 2.46. The molecule has 2 atom stereocenters. The van der Waals surface area contributed by atoms with Gasteiger partial charge in [-0.25, -0.2) is 4.79 Å². The Kier molecular flexibility index (Phi) is 6.39. The Morgan fingerprint density at radius 1 is 1.06 bits per heavy atom. The number of likely N-dealkylation sites (tertiary alicyclic amines) is 1. The summed E-state index contributed by atoms with van der Waals surface area (Å²) in [4.78, 5) is 30.4. The van der Waals surface area contributed by atoms with Gasteiger partial charge < -0.3 is 25.2 Å². The Bertz CT molecular complexity index is 1090. The van der Waals surface area contributed by atoms with Crippen LogP contribution in [0.1, 0.15) is 30.4 Å². The van der Waals surface area contributed by atoms with Crippen LogP contribution in [-0.2, 0) is 22.4 Å². The van der Waals surface area contributed by atoms with Crippen LogP contribution in [0.15, 0.2) is 46.9 Å². The van der Waals surface area contributed by atoms with Gasteiger partial charge in [0.25, 0.3) is 0 Å². The number of halogens is 1. The molecule has 2 heterocycles. The lowest BCUT2D eigenvalue weighted by atomic mass is 9.98. The molecule has 1 spiro atoms. The van der Waals surface area contributed by atoms with Gasteiger partial charge >= 0.3 is 6.03 Å². The molecule has 1 saturated heterocycles. The van der Waals surface area contributed by atoms with Crippen molar-refractivity contribution in [3.8, 4) is 0 Å². The fourth-order valence-corrected chi connectivity index (χ4v) is 5.49. The molecule has 2 aliphatic heterocycles. The second-order valence-corrected chi connectivity index (χ2v) is 10.7. The third kappa shape index (κ3) is 4.72. The summed E-state index contributed by atoms with van der Waals surface area (Å²) in [6.45, 7) is 1.44. The summed E-state index contributed by atoms with van der Waals surface area (Å²) < 4.78 is 6.44. The SMILES string of the molecule is CO[C@@H]1C[C@H](C(=O)Nc2ccc3c(c2)CC2(CC2)N(C)CC3)N(C(=O)Nc2ccc(Br)cc2)C1. The van der Waals surface area contributed by atoms with Gasteiger partial charge in [0, 0.05) is 48.0 Å². The van der Waals surface area contributed by atoms with Crippen LogP contribution in [-0.4, -0.2) is 66.7 Å². The Balaban J connectivity index is 1.30. The van der Waals surface area contributed by atoms with E-state index in [1.54, 1.807) is 12.0 Å². The van der Waals surface area contributed by atoms with Gasteiger partial charge in [-0.3, -0.25) is 4.79 Å². The van der Waals surface area contributed by atoms with Gasteiger partial charge in [-0.1, -0.05) is 22.0 Å². The van der Waals surface area contributed by atoms with Gasteiger partial charge in [0.2, 0.25) is 5.91 Å². The minimum atomic E-state index is -0.597. The maximum atomic E-state index is 13.3. The average Bonchev–Trinajstić information content (AvgIpc) is 3.50. The third-order valence-corrected chi connectivity index (χ3v) is 8.13. The molecule has 0 bridgehead atoms. The maximum Gasteiger partial charge on any atom is 0.322 e. The number of rotatable bonds is 4. The number of carbonyl (C=O) groups is 2. The molecule has 1 aliphatic carbocycles. The van der Waals surface area contributed by atoms with Crippen molar-refractivity contribution >= 4 is 39.2 Å². The average molecular weight is 527 g/mol. The summed E-state index contributed by atoms with van der Waals surface area (Å²) in [7, 11) is 3.84. The topological polar surface area (TPSA) is 73.9 Å². The van der Waals surface area contributed by atoms with E-state index >= 15 is 0 Å². The van der Waals surface area contributed by atoms with E-state index in [0.29, 0.717) is 24.2 Å². The molecule has 34 heavy (non-hydrogen) atoms. The van der Waals surface area contributed by atoms with Crippen molar-refractivity contribution in [2.24, 2.45) is 0 Å². The van der Waals surface area contributed by atoms with Gasteiger partial charge in [-0.2, -0.15) is 0 Å². The van der Waals surface area contributed by atoms with Crippen molar-refractivity contribution in [1.82, 2.24) is 9.80 Å². The van der Waals surface area contributed by atoms with Crippen LogP contribution in [0.4, 0.5) is 16.2 Å². The lowest BCUT2D eigenvalue weighted by Crippen LogP contribution is -2.45. The second kappa shape index (κ2) is 9.32. The van der Waals surface area contributed by atoms with Crippen molar-refractivity contribution in [2.45, 2.75) is 49.8 Å². The summed E-state index contributed by atoms with van der Waals surface area (Å²) in [5, 5.41) is 5.98. The molecule has 2 fully saturated rings. The number of benzene rings is 2. The summed E-state index contributed by atoms with van der Waals surface area (Å²) >= 11 is 3.40. The smallest absolute Gasteiger partial charge is 0.322 e. The van der Waals surface area contributed by atoms with Crippen LogP contribution < -0.4 is 10.6 Å². The van der Waals surface area contributed by atoms with Crippen molar-refractivity contribution in [2.75, 3.05) is 37.9 Å². The van der Waals surface area contributed by atoms with Crippen molar-refractivity contribution in [1.29, 1.82) is 0 Å². The normalized spacial score (nSPS) is 23.3. The van der Waals surface area contributed by atoms with Gasteiger partial charge in [0.1, 0.15) is 6.04 Å². The number of nitrogens with one attached hydrogen (secondary N) is 2. The number of nitrogens with zero attached hydrogens (tertiary/aromatic N) is 2. The lowest BCUT2D eigenvalue weighted by molar-refractivity contribution is -0.119. The molecular formula is C26H31BrN4O3. The molecular weight excluding hydrogens is 496 g/mol. The molecule has 5 rings (SSSR count). The minimum Gasteiger partial charge on any atom is -0.380 e. The number of carbonyl (C=O) groups excluding carboxylic acids is 2. The van der Waals surface area contributed by atoms with Gasteiger partial charge in [-0.15, -0.1) is 0 Å². The molecule has 0 radical (unpaired) electrons. The quantitative estimate of drug-likeness (QED) is 0.623. The minimum absolute atomic E-state index is 0.177. The Morgan fingerprint density at radius 3 is 2.50 bits per heavy atom. The van der Waals surface area contributed by atoms with E-state index in [2.05, 4.69) is 50.6 Å². The van der Waals surface area contributed by atoms with Crippen molar-refractivity contribution in [3.63, 3.8) is 0 Å². The predicted octanol–water partition coefficient (Wildman–Crippen LogP) is 4.27. The van der Waals surface area contributed by atoms with E-state index in [1.807, 2.05) is 30.3 Å². The fourth-order valence-electron chi connectivity index (χ4n) is 5.22. The summed E-state index contributed by atoms with van der Waals surface area (Å²) in [5.74, 6) is -0.183. The van der Waals surface area contributed by atoms with Crippen molar-refractivity contribution in [3.05, 3.63) is 58.1 Å². The zero-order valence-corrected chi connectivity index (χ0v) is 21.2. The standard InChI is InChI=1S/C26H31BrN4O3/c1-30-12-9-17-3-6-21(13-18(17)15-26(30)10-11-26)28-24(32)23-14-22(34-2)16-31(23)25(33)29-20-7-4-19(27)5-8-20/h3-8,13,22-23H,9-12,14-16H2,1-2H3,(H,28,32)(H,29,33)/t22-,23-/m1/s1. The molecule has 0 unspecified atom stereocenters. The Hall–Kier alpha value is -2.42. The van der Waals surface area contributed by atoms with Gasteiger partial charge in [0.15, 0.2) is 0 Å². The number of methoxy groups -OCH3 is 1. The van der Waals surface area contributed by atoms with Gasteiger partial charge in [0.05, 0.1) is 6.10 Å². The van der Waals surface area contributed by atoms with Crippen LogP contribution in [0.5, 0.6) is 0 Å². The molecule has 3 amide bonds. The van der Waals surface area contributed by atoms with Crippen LogP contribution in [0.2, 0.25) is 0 Å². The first-order valence-corrected chi connectivity index (χ1v) is 12.7. The largest absolute Gasteiger partial charge is 0.380 e. The number of urea groups is 1. The number of ether oxygens (including phenoxy) is 1. The van der Waals surface area contributed by atoms with E-state index in [0.717, 1.165) is 29.5 Å². The fraction of sp³-hybridized carbons (Fsp3) is 0.462. The number of fused-ring (bicyclic) bond motifs is 1. The van der Waals surface area contributed by atoms with E-state index in [9.17, 15) is 9.59 Å². The summed E-state index contributed by atoms with van der Waals surface area (Å²) in [6.07, 6.45) is 4.83. The van der Waals surface area contributed by atoms with Crippen LogP contribution in [0.25, 0.3) is 0 Å². The second-order valence-electron chi connectivity index (χ2n) is 9.74. The number of hydrogen-bond donors (Lipinski definition) is 2. The first kappa shape index (κ1) is 23.3. The van der Waals surface area contributed by atoms with E-state index < -0.39 is 6.04 Å². The Labute approximate surface area is 209 Å². The lowest BCUT2D eigenvalue weighted by Gasteiger charge is -2.25. The van der Waals surface area contributed by atoms with Gasteiger partial charge in [-0.05, 0) is 80.3 Å². The number of amides is 3. The molecule has 0 aromatic heterocycles. The number of anilines is 2. The molecule has 2 aromatic rings. The zero-order valence-electron chi connectivity index (χ0n) is 19.6. The predicted molar refractivity (Wildman–Crippen MR) is 136 cm³/mol. The van der Waals surface area contributed by atoms with Crippen LogP contribution in [0.3, 0.4) is 0 Å². The molecule has 180 valence electrons. The highest BCUT2D eigenvalue weighted by atomic mass is 79.9. The molecule has 2 N–H and O–H groups in total. The zero-order chi connectivity index (χ0) is 23.9. The summed E-state index contributed by atoms with van der Waals surface area (Å²) in [6, 6.07) is 12.7. The number of likely N-dealkylation sites (N-methyl/N-ethyl adjacent to an activating group) is 1. The monoisotopic (exact) mass is 526 g/mol. The third-order valence-electron chi connectivity index (χ3n) is 7.60. The molecule has 8 heteroatoms. The van der Waals surface area contributed by atoms with E-state index in [1.165, 1.54) is 24.0 Å². The summed E-state index contributed by atoms with van der Waals surface area (Å²) in [5.41, 5.74) is 4.46. The first-order chi connectivity index (χ1) is 16.4. The van der Waals surface area contributed by atoms with Crippen LogP contribution >= 0.6 is 15.9 Å². The Morgan fingerprint density at radius 2 is 1.79 bits per heavy atom. The molecule has 7 nitrogen and oxygen atoms in total. The molecule has 2 aromatic carbocycles. The highest BCUT2D eigenvalue weighted by Gasteiger charge is 2.47. The number of hydrogen-bond acceptors (Lipinski definition) is 4. The first-order valence-electron chi connectivity index (χ1n) is 11.9. The van der Waals surface area contributed by atoms with E-state index in [-0.39, 0.29) is 18.0 Å². The maximum absolute atomic E-state index is 13.3. The van der Waals surface area contributed by atoms with Crippen molar-refractivity contribution < 1.29 is 14.3 Å². The highest BCUT2D eigenvalue weighted by molar-refractivity contribution is 9.10. The molecule has 1 saturated carbocycles. The van der Waals surface area contributed by atoms with Crippen LogP contribution in [0, 0.1) is 0 Å². The molecule has 3 aliphatic rings.